The number of aromatic nitrogens is 2. The molecule has 0 unspecified atom stereocenters. The van der Waals surface area contributed by atoms with Crippen molar-refractivity contribution in [2.45, 2.75) is 31.7 Å². The fourth-order valence-electron chi connectivity index (χ4n) is 3.26. The molecule has 4 rings (SSSR count). The molecule has 7 nitrogen and oxygen atoms in total. The summed E-state index contributed by atoms with van der Waals surface area (Å²) >= 11 is 1.40. The van der Waals surface area contributed by atoms with Gasteiger partial charge in [-0.15, -0.1) is 0 Å². The van der Waals surface area contributed by atoms with Crippen molar-refractivity contribution in [2.75, 3.05) is 11.4 Å². The molecule has 0 N–H and O–H groups in total. The minimum Gasteiger partial charge on any atom is -0.467 e. The molecule has 23 heavy (non-hydrogen) atoms. The highest BCUT2D eigenvalue weighted by Gasteiger charge is 2.34. The number of thiazole rings is 1. The van der Waals surface area contributed by atoms with E-state index in [1.807, 2.05) is 22.4 Å². The molecule has 0 radical (unpaired) electrons. The molecule has 1 atom stereocenters. The molecule has 3 aromatic rings. The Kier molecular flexibility index (Phi) is 3.53. The Bertz CT molecular complexity index is 823. The molecule has 3 aromatic heterocycles. The van der Waals surface area contributed by atoms with Gasteiger partial charge in [0.1, 0.15) is 12.0 Å². The Hall–Kier alpha value is -2.35. The van der Waals surface area contributed by atoms with E-state index in [1.165, 1.54) is 11.3 Å². The number of hydrogen-bond acceptors (Lipinski definition) is 6. The van der Waals surface area contributed by atoms with Gasteiger partial charge >= 0.3 is 5.82 Å². The molecule has 1 fully saturated rings. The molecule has 120 valence electrons. The van der Waals surface area contributed by atoms with Gasteiger partial charge in [-0.05, 0) is 29.9 Å². The molecule has 0 saturated carbocycles. The van der Waals surface area contributed by atoms with Gasteiger partial charge in [0.25, 0.3) is 4.96 Å². The Labute approximate surface area is 136 Å². The molecule has 0 amide bonds. The molecule has 8 heteroatoms. The van der Waals surface area contributed by atoms with Gasteiger partial charge in [-0.2, -0.15) is 9.38 Å². The second kappa shape index (κ2) is 5.69. The van der Waals surface area contributed by atoms with Crippen LogP contribution in [-0.2, 0) is 0 Å². The zero-order valence-corrected chi connectivity index (χ0v) is 13.2. The van der Waals surface area contributed by atoms with Crippen molar-refractivity contribution in [3.05, 3.63) is 45.8 Å². The van der Waals surface area contributed by atoms with Crippen LogP contribution in [0.1, 0.15) is 37.5 Å². The summed E-state index contributed by atoms with van der Waals surface area (Å²) in [6, 6.07) is 3.79. The largest absolute Gasteiger partial charge is 0.467 e. The first-order chi connectivity index (χ1) is 11.3. The maximum atomic E-state index is 11.6. The molecular formula is C15H16N4O3S. The van der Waals surface area contributed by atoms with Gasteiger partial charge in [-0.1, -0.05) is 24.2 Å². The first-order valence-electron chi connectivity index (χ1n) is 7.65. The summed E-state index contributed by atoms with van der Waals surface area (Å²) in [7, 11) is 0. The van der Waals surface area contributed by atoms with Crippen LogP contribution in [0.3, 0.4) is 0 Å². The Morgan fingerprint density at radius 3 is 3.09 bits per heavy atom. The molecule has 1 aliphatic heterocycles. The first-order valence-corrected chi connectivity index (χ1v) is 8.53. The summed E-state index contributed by atoms with van der Waals surface area (Å²) in [6.45, 7) is 0.747. The number of anilines is 1. The summed E-state index contributed by atoms with van der Waals surface area (Å²) < 4.78 is 7.15. The van der Waals surface area contributed by atoms with Crippen molar-refractivity contribution in [2.24, 2.45) is 0 Å². The lowest BCUT2D eigenvalue weighted by molar-refractivity contribution is -0.389. The average molecular weight is 332 g/mol. The highest BCUT2D eigenvalue weighted by atomic mass is 32.1. The quantitative estimate of drug-likeness (QED) is 0.535. The van der Waals surface area contributed by atoms with Crippen molar-refractivity contribution >= 4 is 27.9 Å². The number of hydrogen-bond donors (Lipinski definition) is 0. The van der Waals surface area contributed by atoms with Gasteiger partial charge in [0.15, 0.2) is 0 Å². The van der Waals surface area contributed by atoms with E-state index < -0.39 is 0 Å². The van der Waals surface area contributed by atoms with Gasteiger partial charge in [0.2, 0.25) is 5.82 Å². The average Bonchev–Trinajstić information content (AvgIpc) is 3.21. The van der Waals surface area contributed by atoms with E-state index in [4.69, 9.17) is 4.42 Å². The second-order valence-electron chi connectivity index (χ2n) is 5.65. The van der Waals surface area contributed by atoms with Crippen LogP contribution in [0.4, 0.5) is 11.6 Å². The molecule has 4 heterocycles. The van der Waals surface area contributed by atoms with Gasteiger partial charge in [0.05, 0.1) is 12.3 Å². The fourth-order valence-corrected chi connectivity index (χ4v) is 3.97. The third-order valence-electron chi connectivity index (χ3n) is 4.29. The van der Waals surface area contributed by atoms with Crippen LogP contribution < -0.4 is 4.90 Å². The number of furan rings is 1. The highest BCUT2D eigenvalue weighted by Crippen LogP contribution is 2.39. The number of fused-ring (bicyclic) bond motifs is 1. The number of rotatable bonds is 3. The van der Waals surface area contributed by atoms with E-state index in [0.29, 0.717) is 10.8 Å². The predicted octanol–water partition coefficient (Wildman–Crippen LogP) is 4.02. The molecule has 0 aromatic carbocycles. The normalized spacial score (nSPS) is 19.1. The van der Waals surface area contributed by atoms with E-state index in [1.54, 1.807) is 16.9 Å². The zero-order valence-electron chi connectivity index (χ0n) is 12.4. The van der Waals surface area contributed by atoms with Gasteiger partial charge in [-0.3, -0.25) is 0 Å². The third kappa shape index (κ3) is 2.39. The van der Waals surface area contributed by atoms with Crippen LogP contribution >= 0.6 is 11.3 Å². The zero-order chi connectivity index (χ0) is 15.8. The van der Waals surface area contributed by atoms with Crippen molar-refractivity contribution in [3.8, 4) is 0 Å². The van der Waals surface area contributed by atoms with Crippen molar-refractivity contribution in [1.82, 2.24) is 9.38 Å². The fraction of sp³-hybridized carbons (Fsp3) is 0.400. The van der Waals surface area contributed by atoms with Crippen LogP contribution in [0.25, 0.3) is 4.96 Å². The number of imidazole rings is 1. The maximum absolute atomic E-state index is 11.6. The number of nitro groups is 1. The van der Waals surface area contributed by atoms with Crippen molar-refractivity contribution < 1.29 is 9.34 Å². The summed E-state index contributed by atoms with van der Waals surface area (Å²) in [6.07, 6.45) is 7.46. The molecule has 0 spiro atoms. The van der Waals surface area contributed by atoms with Crippen LogP contribution in [0.5, 0.6) is 0 Å². The standard InChI is InChI=1S/C15H16N4O3S/c20-19(21)14-13(16-15-18(14)8-10-23-15)17-7-3-1-2-5-11(17)12-6-4-9-22-12/h4,6,8-11H,1-3,5,7H2/t11-/m0/s1. The highest BCUT2D eigenvalue weighted by molar-refractivity contribution is 7.15. The summed E-state index contributed by atoms with van der Waals surface area (Å²) in [5.41, 5.74) is 0. The lowest BCUT2D eigenvalue weighted by Gasteiger charge is -2.28. The maximum Gasteiger partial charge on any atom is 0.373 e. The predicted molar refractivity (Wildman–Crippen MR) is 87.0 cm³/mol. The van der Waals surface area contributed by atoms with E-state index in [0.717, 1.165) is 38.0 Å². The van der Waals surface area contributed by atoms with Crippen LogP contribution in [0.15, 0.2) is 34.4 Å². The van der Waals surface area contributed by atoms with E-state index in [-0.39, 0.29) is 16.8 Å². The Morgan fingerprint density at radius 1 is 1.39 bits per heavy atom. The minimum absolute atomic E-state index is 0.00388. The first kappa shape index (κ1) is 14.3. The Morgan fingerprint density at radius 2 is 2.30 bits per heavy atom. The van der Waals surface area contributed by atoms with Gasteiger partial charge in [-0.25, -0.2) is 0 Å². The van der Waals surface area contributed by atoms with Gasteiger partial charge in [0, 0.05) is 11.9 Å². The Balaban J connectivity index is 1.84. The van der Waals surface area contributed by atoms with Crippen LogP contribution in [0, 0.1) is 10.1 Å². The monoisotopic (exact) mass is 332 g/mol. The van der Waals surface area contributed by atoms with Crippen molar-refractivity contribution in [1.29, 1.82) is 0 Å². The topological polar surface area (TPSA) is 76.8 Å². The second-order valence-corrected chi connectivity index (χ2v) is 6.52. The lowest BCUT2D eigenvalue weighted by atomic mass is 10.1. The number of nitrogens with zero attached hydrogens (tertiary/aromatic N) is 4. The lowest BCUT2D eigenvalue weighted by Crippen LogP contribution is -2.29. The van der Waals surface area contributed by atoms with E-state index >= 15 is 0 Å². The van der Waals surface area contributed by atoms with Crippen LogP contribution in [0.2, 0.25) is 0 Å². The third-order valence-corrected chi connectivity index (χ3v) is 5.05. The molecule has 1 aliphatic rings. The summed E-state index contributed by atoms with van der Waals surface area (Å²) in [4.78, 5) is 18.5. The minimum atomic E-state index is -0.341. The van der Waals surface area contributed by atoms with E-state index in [2.05, 4.69) is 4.98 Å². The molecule has 0 aliphatic carbocycles. The SMILES string of the molecule is O=[N+]([O-])c1c(N2CCCCC[C@H]2c2ccco2)nc2sccn12. The molecule has 0 bridgehead atoms. The summed E-state index contributed by atoms with van der Waals surface area (Å²) in [5.74, 6) is 1.34. The molecular weight excluding hydrogens is 316 g/mol. The van der Waals surface area contributed by atoms with Gasteiger partial charge < -0.3 is 19.4 Å². The smallest absolute Gasteiger partial charge is 0.373 e. The van der Waals surface area contributed by atoms with Crippen molar-refractivity contribution in [3.63, 3.8) is 0 Å². The van der Waals surface area contributed by atoms with E-state index in [9.17, 15) is 10.1 Å². The summed E-state index contributed by atoms with van der Waals surface area (Å²) in [5, 5.41) is 13.4. The molecule has 1 saturated heterocycles. The van der Waals surface area contributed by atoms with Crippen LogP contribution in [-0.4, -0.2) is 20.9 Å².